The number of aromatic amines is 1. The Labute approximate surface area is 169 Å². The van der Waals surface area contributed by atoms with Crippen molar-refractivity contribution in [2.45, 2.75) is 46.6 Å². The minimum Gasteiger partial charge on any atom is -0.451 e. The number of benzene rings is 2. The Morgan fingerprint density at radius 2 is 1.72 bits per heavy atom. The average Bonchev–Trinajstić information content (AvgIpc) is 3.23. The summed E-state index contributed by atoms with van der Waals surface area (Å²) >= 11 is 0. The van der Waals surface area contributed by atoms with E-state index in [0.717, 1.165) is 23.6 Å². The molecular formula is C24H23NO4. The van der Waals surface area contributed by atoms with E-state index in [2.05, 4.69) is 11.1 Å². The number of rotatable bonds is 5. The van der Waals surface area contributed by atoms with Gasteiger partial charge in [-0.25, -0.2) is 4.79 Å². The highest BCUT2D eigenvalue weighted by Gasteiger charge is 2.27. The van der Waals surface area contributed by atoms with E-state index in [1.165, 1.54) is 18.1 Å². The fourth-order valence-corrected chi connectivity index (χ4v) is 4.43. The molecule has 0 saturated heterocycles. The zero-order valence-electron chi connectivity index (χ0n) is 17.0. The van der Waals surface area contributed by atoms with Crippen LogP contribution in [-0.4, -0.2) is 28.6 Å². The molecule has 1 heterocycles. The van der Waals surface area contributed by atoms with E-state index in [0.29, 0.717) is 28.1 Å². The van der Waals surface area contributed by atoms with Crippen LogP contribution in [0.5, 0.6) is 0 Å². The number of nitrogens with one attached hydrogen (secondary N) is 1. The van der Waals surface area contributed by atoms with Gasteiger partial charge in [-0.3, -0.25) is 9.59 Å². The van der Waals surface area contributed by atoms with Gasteiger partial charge in [-0.2, -0.15) is 0 Å². The number of aromatic nitrogens is 1. The van der Waals surface area contributed by atoms with Crippen LogP contribution in [0.1, 0.15) is 67.4 Å². The minimum atomic E-state index is -0.970. The normalized spacial score (nSPS) is 13.5. The number of ether oxygens (including phenoxy) is 1. The molecule has 0 fully saturated rings. The summed E-state index contributed by atoms with van der Waals surface area (Å²) in [5.74, 6) is -0.973. The predicted octanol–water partition coefficient (Wildman–Crippen LogP) is 4.51. The molecule has 4 rings (SSSR count). The molecule has 1 aliphatic rings. The summed E-state index contributed by atoms with van der Waals surface area (Å²) in [4.78, 5) is 40.6. The number of Topliss-reactive ketones (excluding diaryl/α,β-unsaturated/α-hetero) is 2. The smallest absolute Gasteiger partial charge is 0.339 e. The fraction of sp³-hybridized carbons (Fsp3) is 0.292. The largest absolute Gasteiger partial charge is 0.451 e. The molecular weight excluding hydrogens is 366 g/mol. The number of ketones is 2. The summed E-state index contributed by atoms with van der Waals surface area (Å²) in [6.07, 6.45) is 0.982. The summed E-state index contributed by atoms with van der Waals surface area (Å²) in [7, 11) is 0. The molecule has 3 aromatic rings. The maximum atomic E-state index is 12.9. The van der Waals surface area contributed by atoms with Gasteiger partial charge in [0.15, 0.2) is 11.9 Å². The molecule has 5 nitrogen and oxygen atoms in total. The lowest BCUT2D eigenvalue weighted by Gasteiger charge is -2.14. The molecule has 1 aliphatic carbocycles. The summed E-state index contributed by atoms with van der Waals surface area (Å²) in [6.45, 7) is 6.51. The van der Waals surface area contributed by atoms with E-state index in [4.69, 9.17) is 4.74 Å². The summed E-state index contributed by atoms with van der Waals surface area (Å²) in [5.41, 5.74) is 5.01. The topological polar surface area (TPSA) is 76.2 Å². The Hall–Kier alpha value is -3.21. The monoisotopic (exact) mass is 389 g/mol. The lowest BCUT2D eigenvalue weighted by molar-refractivity contribution is 0.0319. The third kappa shape index (κ3) is 3.07. The van der Waals surface area contributed by atoms with E-state index in [1.54, 1.807) is 26.8 Å². The first-order chi connectivity index (χ1) is 13.8. The maximum Gasteiger partial charge on any atom is 0.339 e. The van der Waals surface area contributed by atoms with Gasteiger partial charge < -0.3 is 9.72 Å². The predicted molar refractivity (Wildman–Crippen MR) is 111 cm³/mol. The molecule has 0 unspecified atom stereocenters. The van der Waals surface area contributed by atoms with Gasteiger partial charge in [0.2, 0.25) is 5.78 Å². The van der Waals surface area contributed by atoms with E-state index in [1.807, 2.05) is 18.2 Å². The molecule has 0 bridgehead atoms. The molecule has 0 amide bonds. The first-order valence-electron chi connectivity index (χ1n) is 9.78. The number of carbonyl (C=O) groups excluding carboxylic acids is 3. The van der Waals surface area contributed by atoms with Crippen molar-refractivity contribution >= 4 is 28.3 Å². The van der Waals surface area contributed by atoms with Gasteiger partial charge >= 0.3 is 5.97 Å². The fourth-order valence-electron chi connectivity index (χ4n) is 4.43. The zero-order valence-corrected chi connectivity index (χ0v) is 17.0. The van der Waals surface area contributed by atoms with Gasteiger partial charge in [-0.1, -0.05) is 24.3 Å². The zero-order chi connectivity index (χ0) is 20.9. The van der Waals surface area contributed by atoms with Crippen LogP contribution in [0, 0.1) is 13.8 Å². The highest BCUT2D eigenvalue weighted by molar-refractivity contribution is 6.09. The van der Waals surface area contributed by atoms with E-state index in [9.17, 15) is 14.4 Å². The van der Waals surface area contributed by atoms with Crippen LogP contribution in [0.4, 0.5) is 0 Å². The lowest BCUT2D eigenvalue weighted by Crippen LogP contribution is -2.25. The van der Waals surface area contributed by atoms with Crippen molar-refractivity contribution in [3.63, 3.8) is 0 Å². The van der Waals surface area contributed by atoms with Gasteiger partial charge in [-0.05, 0) is 74.1 Å². The van der Waals surface area contributed by atoms with Crippen LogP contribution in [0.25, 0.3) is 10.8 Å². The Morgan fingerprint density at radius 1 is 1.03 bits per heavy atom. The molecule has 0 spiro atoms. The van der Waals surface area contributed by atoms with Gasteiger partial charge in [0.05, 0.1) is 11.3 Å². The summed E-state index contributed by atoms with van der Waals surface area (Å²) in [6, 6.07) is 9.72. The standard InChI is InChI=1S/C24H23NO4/c1-12-20(14(3)26)13(2)25-22(12)23(27)15(4)29-24(28)19-11-10-17-9-8-16-6-5-7-18(19)21(16)17/h5-7,10-11,15,25H,8-9H2,1-4H3/t15-/m0/s1. The lowest BCUT2D eigenvalue weighted by atomic mass is 10.00. The number of carbonyl (C=O) groups is 3. The van der Waals surface area contributed by atoms with Crippen molar-refractivity contribution in [1.29, 1.82) is 0 Å². The Kier molecular flexibility index (Phi) is 4.61. The van der Waals surface area contributed by atoms with Crippen LogP contribution >= 0.6 is 0 Å². The number of aryl methyl sites for hydroxylation is 3. The van der Waals surface area contributed by atoms with Crippen molar-refractivity contribution < 1.29 is 19.1 Å². The molecule has 1 N–H and O–H groups in total. The highest BCUT2D eigenvalue weighted by atomic mass is 16.5. The van der Waals surface area contributed by atoms with Crippen LogP contribution in [0.15, 0.2) is 30.3 Å². The third-order valence-corrected chi connectivity index (χ3v) is 5.79. The van der Waals surface area contributed by atoms with Gasteiger partial charge in [0.1, 0.15) is 0 Å². The molecule has 0 radical (unpaired) electrons. The van der Waals surface area contributed by atoms with Crippen LogP contribution in [-0.2, 0) is 17.6 Å². The number of hydrogen-bond donors (Lipinski definition) is 1. The Morgan fingerprint density at radius 3 is 2.38 bits per heavy atom. The average molecular weight is 389 g/mol. The summed E-state index contributed by atoms with van der Waals surface area (Å²) < 4.78 is 5.53. The molecule has 0 aliphatic heterocycles. The molecule has 1 aromatic heterocycles. The molecule has 2 aromatic carbocycles. The number of hydrogen-bond acceptors (Lipinski definition) is 4. The van der Waals surface area contributed by atoms with Crippen molar-refractivity contribution in [1.82, 2.24) is 4.98 Å². The second-order valence-corrected chi connectivity index (χ2v) is 7.70. The number of esters is 1. The first kappa shape index (κ1) is 19.1. The molecule has 5 heteroatoms. The van der Waals surface area contributed by atoms with Crippen LogP contribution in [0.2, 0.25) is 0 Å². The van der Waals surface area contributed by atoms with E-state index < -0.39 is 12.1 Å². The number of H-pyrrole nitrogens is 1. The molecule has 148 valence electrons. The van der Waals surface area contributed by atoms with Crippen LogP contribution < -0.4 is 0 Å². The summed E-state index contributed by atoms with van der Waals surface area (Å²) in [5, 5.41) is 2.00. The first-order valence-corrected chi connectivity index (χ1v) is 9.78. The quantitative estimate of drug-likeness (QED) is 0.514. The Balaban J connectivity index is 1.62. The SMILES string of the molecule is CC(=O)c1c(C)[nH]c(C(=O)[C@H](C)OC(=O)c2ccc3c4c(cccc24)CC3)c1C. The Bertz CT molecular complexity index is 1180. The third-order valence-electron chi connectivity index (χ3n) is 5.79. The molecule has 29 heavy (non-hydrogen) atoms. The van der Waals surface area contributed by atoms with E-state index in [-0.39, 0.29) is 11.6 Å². The molecule has 1 atom stereocenters. The van der Waals surface area contributed by atoms with Crippen molar-refractivity contribution in [2.24, 2.45) is 0 Å². The minimum absolute atomic E-state index is 0.104. The van der Waals surface area contributed by atoms with Gasteiger partial charge in [0, 0.05) is 11.3 Å². The van der Waals surface area contributed by atoms with Crippen molar-refractivity contribution in [2.75, 3.05) is 0 Å². The van der Waals surface area contributed by atoms with Gasteiger partial charge in [-0.15, -0.1) is 0 Å². The van der Waals surface area contributed by atoms with Crippen molar-refractivity contribution in [3.8, 4) is 0 Å². The second-order valence-electron chi connectivity index (χ2n) is 7.70. The maximum absolute atomic E-state index is 12.9. The van der Waals surface area contributed by atoms with E-state index >= 15 is 0 Å². The van der Waals surface area contributed by atoms with Crippen molar-refractivity contribution in [3.05, 3.63) is 69.5 Å². The van der Waals surface area contributed by atoms with Crippen LogP contribution in [0.3, 0.4) is 0 Å². The van der Waals surface area contributed by atoms with Gasteiger partial charge in [0.25, 0.3) is 0 Å². The highest BCUT2D eigenvalue weighted by Crippen LogP contribution is 2.33. The molecule has 0 saturated carbocycles. The second kappa shape index (κ2) is 6.99.